The summed E-state index contributed by atoms with van der Waals surface area (Å²) < 4.78 is 45.0. The maximum Gasteiger partial charge on any atom is 0.411 e. The zero-order chi connectivity index (χ0) is 23.8. The van der Waals surface area contributed by atoms with Crippen molar-refractivity contribution >= 4 is 23.7 Å². The van der Waals surface area contributed by atoms with Gasteiger partial charge in [0, 0.05) is 44.0 Å². The lowest BCUT2D eigenvalue weighted by Crippen LogP contribution is -2.40. The fourth-order valence-corrected chi connectivity index (χ4v) is 3.93. The molecule has 7 nitrogen and oxygen atoms in total. The highest BCUT2D eigenvalue weighted by Crippen LogP contribution is 2.27. The van der Waals surface area contributed by atoms with Crippen molar-refractivity contribution in [1.29, 1.82) is 0 Å². The molecule has 1 aliphatic carbocycles. The monoisotopic (exact) mass is 487 g/mol. The third-order valence-electron chi connectivity index (χ3n) is 5.57. The Morgan fingerprint density at radius 1 is 1.42 bits per heavy atom. The zero-order valence-electron chi connectivity index (χ0n) is 18.2. The number of ether oxygens (including phenoxy) is 1. The topological polar surface area (TPSA) is 92.0 Å². The number of hydrogen-bond acceptors (Lipinski definition) is 6. The minimum absolute atomic E-state index is 0.0930. The Morgan fingerprint density at radius 2 is 2.24 bits per heavy atom. The van der Waals surface area contributed by atoms with Crippen LogP contribution in [0.5, 0.6) is 0 Å². The summed E-state index contributed by atoms with van der Waals surface area (Å²) in [6, 6.07) is -0.104. The van der Waals surface area contributed by atoms with Gasteiger partial charge in [0.1, 0.15) is 17.8 Å². The van der Waals surface area contributed by atoms with E-state index in [-0.39, 0.29) is 23.8 Å². The molecule has 2 heterocycles. The summed E-state index contributed by atoms with van der Waals surface area (Å²) in [5.74, 6) is -1.28. The average Bonchev–Trinajstić information content (AvgIpc) is 3.32. The molecule has 0 aromatic heterocycles. The van der Waals surface area contributed by atoms with Crippen LogP contribution < -0.4 is 16.5 Å². The molecule has 1 saturated heterocycles. The molecule has 2 aliphatic heterocycles. The number of carbonyl (C=O) groups excluding carboxylic acids is 1. The number of piperidine rings is 1. The van der Waals surface area contributed by atoms with Gasteiger partial charge in [0.05, 0.1) is 11.6 Å². The van der Waals surface area contributed by atoms with E-state index in [0.29, 0.717) is 38.0 Å². The Hall–Kier alpha value is -2.46. The number of carbonyl (C=O) groups is 1. The first-order valence-electron chi connectivity index (χ1n) is 10.9. The Kier molecular flexibility index (Phi) is 8.85. The molecule has 11 heteroatoms. The SMILES string of the molecule is N/C=C(\C=C(/CN1CCCC(F)C1)C1CC=NN1)C(=O)NC1=CC=C(OC(F)(F)CCl)CC1. The minimum Gasteiger partial charge on any atom is -0.436 e. The van der Waals surface area contributed by atoms with Crippen molar-refractivity contribution < 1.29 is 22.7 Å². The van der Waals surface area contributed by atoms with Crippen molar-refractivity contribution in [3.8, 4) is 0 Å². The van der Waals surface area contributed by atoms with E-state index in [9.17, 15) is 18.0 Å². The number of halogens is 4. The molecule has 3 aliphatic rings. The largest absolute Gasteiger partial charge is 0.436 e. The average molecular weight is 488 g/mol. The third-order valence-corrected chi connectivity index (χ3v) is 5.88. The van der Waals surface area contributed by atoms with Crippen LogP contribution in [0.2, 0.25) is 0 Å². The maximum atomic E-state index is 13.9. The summed E-state index contributed by atoms with van der Waals surface area (Å²) in [7, 11) is 0. The van der Waals surface area contributed by atoms with Crippen LogP contribution >= 0.6 is 11.6 Å². The summed E-state index contributed by atoms with van der Waals surface area (Å²) in [6.07, 6.45) is 5.80. The molecule has 0 bridgehead atoms. The first kappa shape index (κ1) is 25.2. The number of likely N-dealkylation sites (tertiary alicyclic amines) is 1. The van der Waals surface area contributed by atoms with Crippen LogP contribution in [-0.2, 0) is 9.53 Å². The second-order valence-corrected chi connectivity index (χ2v) is 8.46. The zero-order valence-corrected chi connectivity index (χ0v) is 19.0. The second-order valence-electron chi connectivity index (χ2n) is 8.20. The van der Waals surface area contributed by atoms with Gasteiger partial charge in [0.2, 0.25) is 0 Å². The Labute approximate surface area is 196 Å². The number of rotatable bonds is 9. The summed E-state index contributed by atoms with van der Waals surface area (Å²) in [5, 5.41) is 6.82. The first-order chi connectivity index (χ1) is 15.8. The number of nitrogens with zero attached hydrogens (tertiary/aromatic N) is 2. The van der Waals surface area contributed by atoms with Crippen molar-refractivity contribution in [3.63, 3.8) is 0 Å². The van der Waals surface area contributed by atoms with E-state index in [0.717, 1.165) is 18.5 Å². The third kappa shape index (κ3) is 7.53. The van der Waals surface area contributed by atoms with E-state index in [1.807, 2.05) is 4.90 Å². The maximum absolute atomic E-state index is 13.9. The van der Waals surface area contributed by atoms with Gasteiger partial charge in [-0.3, -0.25) is 9.69 Å². The highest BCUT2D eigenvalue weighted by Gasteiger charge is 2.31. The van der Waals surface area contributed by atoms with Gasteiger partial charge in [-0.2, -0.15) is 13.9 Å². The predicted octanol–water partition coefficient (Wildman–Crippen LogP) is 3.06. The van der Waals surface area contributed by atoms with E-state index >= 15 is 0 Å². The summed E-state index contributed by atoms with van der Waals surface area (Å²) in [4.78, 5) is 14.9. The molecule has 0 spiro atoms. The molecule has 2 atom stereocenters. The molecule has 0 radical (unpaired) electrons. The lowest BCUT2D eigenvalue weighted by atomic mass is 10.00. The fourth-order valence-electron chi connectivity index (χ4n) is 3.88. The second kappa shape index (κ2) is 11.6. The molecule has 0 aromatic carbocycles. The molecule has 2 unspecified atom stereocenters. The van der Waals surface area contributed by atoms with E-state index in [2.05, 4.69) is 20.6 Å². The van der Waals surface area contributed by atoms with Crippen LogP contribution in [0.1, 0.15) is 32.1 Å². The molecular formula is C22H29ClF3N5O2. The molecule has 1 fully saturated rings. The van der Waals surface area contributed by atoms with Gasteiger partial charge < -0.3 is 21.2 Å². The lowest BCUT2D eigenvalue weighted by Gasteiger charge is -2.31. The smallest absolute Gasteiger partial charge is 0.411 e. The number of nitrogens with one attached hydrogen (secondary N) is 2. The molecule has 33 heavy (non-hydrogen) atoms. The lowest BCUT2D eigenvalue weighted by molar-refractivity contribution is -0.196. The van der Waals surface area contributed by atoms with E-state index in [1.54, 1.807) is 12.3 Å². The van der Waals surface area contributed by atoms with Gasteiger partial charge in [0.15, 0.2) is 0 Å². The van der Waals surface area contributed by atoms with Crippen LogP contribution in [0.25, 0.3) is 0 Å². The fraction of sp³-hybridized carbons (Fsp3) is 0.545. The van der Waals surface area contributed by atoms with Crippen LogP contribution in [0.3, 0.4) is 0 Å². The van der Waals surface area contributed by atoms with Crippen LogP contribution in [0.4, 0.5) is 13.2 Å². The van der Waals surface area contributed by atoms with Crippen molar-refractivity contribution in [2.75, 3.05) is 25.5 Å². The normalized spacial score (nSPS) is 24.7. The van der Waals surface area contributed by atoms with Crippen molar-refractivity contribution in [3.05, 3.63) is 47.0 Å². The van der Waals surface area contributed by atoms with E-state index in [4.69, 9.17) is 17.3 Å². The quantitative estimate of drug-likeness (QED) is 0.264. The van der Waals surface area contributed by atoms with Crippen LogP contribution in [-0.4, -0.2) is 60.9 Å². The van der Waals surface area contributed by atoms with E-state index in [1.165, 1.54) is 18.4 Å². The van der Waals surface area contributed by atoms with Crippen LogP contribution in [0.15, 0.2) is 52.1 Å². The van der Waals surface area contributed by atoms with Gasteiger partial charge in [-0.1, -0.05) is 0 Å². The van der Waals surface area contributed by atoms with Gasteiger partial charge in [-0.05, 0) is 49.6 Å². The Bertz CT molecular complexity index is 864. The molecule has 3 rings (SSSR count). The highest BCUT2D eigenvalue weighted by molar-refractivity contribution is 6.18. The Balaban J connectivity index is 1.67. The molecule has 0 saturated carbocycles. The summed E-state index contributed by atoms with van der Waals surface area (Å²) in [6.45, 7) is 1.63. The number of allylic oxidation sites excluding steroid dienone is 4. The highest BCUT2D eigenvalue weighted by atomic mass is 35.5. The molecule has 0 aromatic rings. The van der Waals surface area contributed by atoms with Crippen molar-refractivity contribution in [1.82, 2.24) is 15.6 Å². The van der Waals surface area contributed by atoms with Gasteiger partial charge in [-0.25, -0.2) is 4.39 Å². The molecule has 4 N–H and O–H groups in total. The van der Waals surface area contributed by atoms with Gasteiger partial charge >= 0.3 is 6.11 Å². The number of alkyl halides is 4. The van der Waals surface area contributed by atoms with Crippen LogP contribution in [0, 0.1) is 0 Å². The Morgan fingerprint density at radius 3 is 2.85 bits per heavy atom. The van der Waals surface area contributed by atoms with E-state index < -0.39 is 24.1 Å². The molecule has 1 amide bonds. The molecular weight excluding hydrogens is 459 g/mol. The standard InChI is InChI=1S/C22H29ClF3N5O2/c23-14-22(25,26)33-19-5-3-18(4-6-19)29-21(32)15(11-27)10-16(20-7-8-28-30-20)12-31-9-1-2-17(24)13-31/h3,5,8,10-11,17,20,30H,1-2,4,6-7,9,12-14,27H2,(H,29,32)/b15-11+,16-10+. The van der Waals surface area contributed by atoms with Gasteiger partial charge in [0.25, 0.3) is 5.91 Å². The summed E-state index contributed by atoms with van der Waals surface area (Å²) >= 11 is 5.19. The minimum atomic E-state index is -3.44. The molecule has 182 valence electrons. The number of hydrazone groups is 1. The predicted molar refractivity (Wildman–Crippen MR) is 121 cm³/mol. The van der Waals surface area contributed by atoms with Gasteiger partial charge in [-0.15, -0.1) is 11.6 Å². The van der Waals surface area contributed by atoms with Crippen molar-refractivity contribution in [2.24, 2.45) is 10.8 Å². The summed E-state index contributed by atoms with van der Waals surface area (Å²) in [5.41, 5.74) is 10.4. The number of hydrogen-bond donors (Lipinski definition) is 3. The number of nitrogens with two attached hydrogens (primary N) is 1. The number of amides is 1. The van der Waals surface area contributed by atoms with Crippen molar-refractivity contribution in [2.45, 2.75) is 50.4 Å². The first-order valence-corrected chi connectivity index (χ1v) is 11.4.